The minimum absolute atomic E-state index is 0.160. The van der Waals surface area contributed by atoms with Crippen molar-refractivity contribution in [2.75, 3.05) is 12.4 Å². The van der Waals surface area contributed by atoms with E-state index in [4.69, 9.17) is 4.74 Å². The van der Waals surface area contributed by atoms with E-state index >= 15 is 0 Å². The average Bonchev–Trinajstić information content (AvgIpc) is 3.32. The molecule has 23 heavy (non-hydrogen) atoms. The fourth-order valence-corrected chi connectivity index (χ4v) is 2.94. The topological polar surface area (TPSA) is 60.3 Å². The number of rotatable bonds is 4. The number of carbonyl (C=O) groups is 2. The van der Waals surface area contributed by atoms with Crippen molar-refractivity contribution in [1.82, 2.24) is 4.57 Å². The van der Waals surface area contributed by atoms with Gasteiger partial charge in [-0.05, 0) is 51.0 Å². The highest BCUT2D eigenvalue weighted by Crippen LogP contribution is 2.38. The van der Waals surface area contributed by atoms with Crippen LogP contribution in [-0.4, -0.2) is 23.6 Å². The van der Waals surface area contributed by atoms with Crippen LogP contribution in [0.5, 0.6) is 0 Å². The van der Waals surface area contributed by atoms with Crippen molar-refractivity contribution in [2.24, 2.45) is 0 Å². The number of aryl methyl sites for hydroxylation is 1. The Hall–Kier alpha value is -2.56. The third-order valence-electron chi connectivity index (χ3n) is 4.18. The van der Waals surface area contributed by atoms with E-state index in [0.29, 0.717) is 22.9 Å². The van der Waals surface area contributed by atoms with E-state index in [1.807, 2.05) is 19.9 Å². The van der Waals surface area contributed by atoms with Crippen LogP contribution < -0.4 is 5.32 Å². The SMILES string of the molecule is COC(=O)c1cccc(NC(=O)c2cc(C)n(C3CC3)c2C)c1. The molecule has 5 nitrogen and oxygen atoms in total. The summed E-state index contributed by atoms with van der Waals surface area (Å²) in [5, 5.41) is 2.86. The lowest BCUT2D eigenvalue weighted by atomic mass is 10.2. The zero-order chi connectivity index (χ0) is 16.6. The summed E-state index contributed by atoms with van der Waals surface area (Å²) in [6.07, 6.45) is 2.36. The third kappa shape index (κ3) is 2.99. The summed E-state index contributed by atoms with van der Waals surface area (Å²) in [4.78, 5) is 24.1. The molecule has 0 bridgehead atoms. The van der Waals surface area contributed by atoms with Crippen LogP contribution in [0.25, 0.3) is 0 Å². The Labute approximate surface area is 135 Å². The number of amides is 1. The molecule has 0 radical (unpaired) electrons. The molecule has 1 aromatic carbocycles. The molecular weight excluding hydrogens is 292 g/mol. The summed E-state index contributed by atoms with van der Waals surface area (Å²) >= 11 is 0. The number of benzene rings is 1. The molecule has 1 aliphatic rings. The fourth-order valence-electron chi connectivity index (χ4n) is 2.94. The lowest BCUT2D eigenvalue weighted by molar-refractivity contribution is 0.0600. The number of esters is 1. The number of nitrogens with zero attached hydrogens (tertiary/aromatic N) is 1. The van der Waals surface area contributed by atoms with Gasteiger partial charge in [0.2, 0.25) is 0 Å². The first-order valence-corrected chi connectivity index (χ1v) is 7.69. The summed E-state index contributed by atoms with van der Waals surface area (Å²) in [5.41, 5.74) is 3.77. The summed E-state index contributed by atoms with van der Waals surface area (Å²) in [6.45, 7) is 4.01. The van der Waals surface area contributed by atoms with E-state index in [0.717, 1.165) is 11.4 Å². The zero-order valence-electron chi connectivity index (χ0n) is 13.6. The molecule has 1 aromatic heterocycles. The van der Waals surface area contributed by atoms with E-state index in [1.54, 1.807) is 24.3 Å². The molecule has 1 aliphatic carbocycles. The molecule has 3 rings (SSSR count). The Kier molecular flexibility index (Phi) is 3.94. The molecule has 1 N–H and O–H groups in total. The van der Waals surface area contributed by atoms with Crippen molar-refractivity contribution >= 4 is 17.6 Å². The van der Waals surface area contributed by atoms with Crippen LogP contribution in [0.1, 0.15) is 51.0 Å². The van der Waals surface area contributed by atoms with Gasteiger partial charge in [-0.2, -0.15) is 0 Å². The highest BCUT2D eigenvalue weighted by molar-refractivity contribution is 6.05. The summed E-state index contributed by atoms with van der Waals surface area (Å²) < 4.78 is 6.93. The highest BCUT2D eigenvalue weighted by Gasteiger charge is 2.28. The Balaban J connectivity index is 1.82. The maximum atomic E-state index is 12.6. The van der Waals surface area contributed by atoms with Crippen LogP contribution in [0.2, 0.25) is 0 Å². The highest BCUT2D eigenvalue weighted by atomic mass is 16.5. The van der Waals surface area contributed by atoms with Crippen molar-refractivity contribution in [3.8, 4) is 0 Å². The number of carbonyl (C=O) groups excluding carboxylic acids is 2. The first-order chi connectivity index (χ1) is 11.0. The largest absolute Gasteiger partial charge is 0.465 e. The van der Waals surface area contributed by atoms with Crippen molar-refractivity contribution in [3.05, 3.63) is 52.8 Å². The van der Waals surface area contributed by atoms with Gasteiger partial charge in [0, 0.05) is 23.1 Å². The molecular formula is C18H20N2O3. The second-order valence-corrected chi connectivity index (χ2v) is 5.91. The second kappa shape index (κ2) is 5.91. The molecule has 0 atom stereocenters. The van der Waals surface area contributed by atoms with E-state index < -0.39 is 5.97 Å². The van der Waals surface area contributed by atoms with Crippen molar-refractivity contribution in [3.63, 3.8) is 0 Å². The van der Waals surface area contributed by atoms with E-state index in [9.17, 15) is 9.59 Å². The van der Waals surface area contributed by atoms with Gasteiger partial charge in [-0.25, -0.2) is 4.79 Å². The summed E-state index contributed by atoms with van der Waals surface area (Å²) in [6, 6.07) is 9.20. The minimum Gasteiger partial charge on any atom is -0.465 e. The van der Waals surface area contributed by atoms with Gasteiger partial charge in [-0.3, -0.25) is 4.79 Å². The number of hydrogen-bond donors (Lipinski definition) is 1. The van der Waals surface area contributed by atoms with Crippen LogP contribution in [0.3, 0.4) is 0 Å². The summed E-state index contributed by atoms with van der Waals surface area (Å²) in [7, 11) is 1.33. The van der Waals surface area contributed by atoms with Crippen LogP contribution in [0, 0.1) is 13.8 Å². The van der Waals surface area contributed by atoms with Gasteiger partial charge < -0.3 is 14.6 Å². The van der Waals surface area contributed by atoms with Gasteiger partial charge in [-0.15, -0.1) is 0 Å². The molecule has 0 aliphatic heterocycles. The standard InChI is InChI=1S/C18H20N2O3/c1-11-9-16(12(2)20(11)15-7-8-15)17(21)19-14-6-4-5-13(10-14)18(22)23-3/h4-6,9-10,15H,7-8H2,1-3H3,(H,19,21). The number of aromatic nitrogens is 1. The number of hydrogen-bond acceptors (Lipinski definition) is 3. The maximum Gasteiger partial charge on any atom is 0.337 e. The molecule has 2 aromatic rings. The number of ether oxygens (including phenoxy) is 1. The molecule has 0 saturated heterocycles. The monoisotopic (exact) mass is 312 g/mol. The molecule has 0 unspecified atom stereocenters. The quantitative estimate of drug-likeness (QED) is 0.879. The van der Waals surface area contributed by atoms with Crippen LogP contribution >= 0.6 is 0 Å². The number of methoxy groups -OCH3 is 1. The third-order valence-corrected chi connectivity index (χ3v) is 4.18. The van der Waals surface area contributed by atoms with E-state index in [-0.39, 0.29) is 5.91 Å². The first-order valence-electron chi connectivity index (χ1n) is 7.69. The van der Waals surface area contributed by atoms with Crippen molar-refractivity contribution in [2.45, 2.75) is 32.7 Å². The van der Waals surface area contributed by atoms with Gasteiger partial charge in [0.1, 0.15) is 0 Å². The predicted octanol–water partition coefficient (Wildman–Crippen LogP) is 3.48. The number of nitrogens with one attached hydrogen (secondary N) is 1. The first kappa shape index (κ1) is 15.3. The van der Waals surface area contributed by atoms with E-state index in [1.165, 1.54) is 20.0 Å². The lowest BCUT2D eigenvalue weighted by Gasteiger charge is -2.09. The Bertz CT molecular complexity index is 773. The Morgan fingerprint density at radius 2 is 1.96 bits per heavy atom. The fraction of sp³-hybridized carbons (Fsp3) is 0.333. The molecule has 120 valence electrons. The molecule has 5 heteroatoms. The second-order valence-electron chi connectivity index (χ2n) is 5.91. The molecule has 1 amide bonds. The van der Waals surface area contributed by atoms with Crippen LogP contribution in [0.15, 0.2) is 30.3 Å². The Morgan fingerprint density at radius 3 is 2.61 bits per heavy atom. The van der Waals surface area contributed by atoms with Gasteiger partial charge in [-0.1, -0.05) is 6.07 Å². The molecule has 1 heterocycles. The molecule has 0 spiro atoms. The van der Waals surface area contributed by atoms with Gasteiger partial charge in [0.05, 0.1) is 18.2 Å². The maximum absolute atomic E-state index is 12.6. The van der Waals surface area contributed by atoms with Gasteiger partial charge >= 0.3 is 5.97 Å². The van der Waals surface area contributed by atoms with E-state index in [2.05, 4.69) is 9.88 Å². The average molecular weight is 312 g/mol. The molecule has 1 fully saturated rings. The van der Waals surface area contributed by atoms with Crippen LogP contribution in [0.4, 0.5) is 5.69 Å². The number of anilines is 1. The zero-order valence-corrected chi connectivity index (χ0v) is 13.6. The normalized spacial score (nSPS) is 13.7. The lowest BCUT2D eigenvalue weighted by Crippen LogP contribution is -2.13. The van der Waals surface area contributed by atoms with Crippen LogP contribution in [-0.2, 0) is 4.74 Å². The van der Waals surface area contributed by atoms with Gasteiger partial charge in [0.15, 0.2) is 0 Å². The van der Waals surface area contributed by atoms with Crippen molar-refractivity contribution in [1.29, 1.82) is 0 Å². The molecule has 1 saturated carbocycles. The minimum atomic E-state index is -0.423. The summed E-state index contributed by atoms with van der Waals surface area (Å²) in [5.74, 6) is -0.583. The van der Waals surface area contributed by atoms with Crippen molar-refractivity contribution < 1.29 is 14.3 Å². The smallest absolute Gasteiger partial charge is 0.337 e. The van der Waals surface area contributed by atoms with Gasteiger partial charge in [0.25, 0.3) is 5.91 Å². The predicted molar refractivity (Wildman–Crippen MR) is 87.9 cm³/mol. The Morgan fingerprint density at radius 1 is 1.22 bits per heavy atom.